The maximum atomic E-state index is 13.6. The maximum absolute atomic E-state index is 13.6. The van der Waals surface area contributed by atoms with Gasteiger partial charge in [0, 0.05) is 6.26 Å². The highest BCUT2D eigenvalue weighted by Crippen LogP contribution is 2.30. The van der Waals surface area contributed by atoms with Crippen LogP contribution in [0.1, 0.15) is 11.1 Å². The highest BCUT2D eigenvalue weighted by atomic mass is 32.2. The molecule has 7 heteroatoms. The number of benzene rings is 3. The molecule has 0 saturated heterocycles. The van der Waals surface area contributed by atoms with Gasteiger partial charge in [0.25, 0.3) is 10.0 Å². The molecule has 3 aromatic rings. The van der Waals surface area contributed by atoms with Crippen molar-refractivity contribution in [2.75, 3.05) is 10.6 Å². The van der Waals surface area contributed by atoms with Gasteiger partial charge in [0.2, 0.25) is 0 Å². The van der Waals surface area contributed by atoms with Gasteiger partial charge in [-0.25, -0.2) is 16.8 Å². The minimum absolute atomic E-state index is 0.0880. The lowest BCUT2D eigenvalue weighted by Gasteiger charge is -2.26. The first-order valence-corrected chi connectivity index (χ1v) is 12.0. The Hall–Kier alpha value is -2.64. The van der Waals surface area contributed by atoms with E-state index in [2.05, 4.69) is 0 Å². The summed E-state index contributed by atoms with van der Waals surface area (Å²) in [5, 5.41) is 0. The zero-order valence-electron chi connectivity index (χ0n) is 15.6. The van der Waals surface area contributed by atoms with Crippen molar-refractivity contribution in [3.63, 3.8) is 0 Å². The van der Waals surface area contributed by atoms with Crippen LogP contribution in [0.15, 0.2) is 88.7 Å². The van der Waals surface area contributed by atoms with Crippen LogP contribution in [0.3, 0.4) is 0 Å². The number of hydrogen-bond donors (Lipinski definition) is 0. The van der Waals surface area contributed by atoms with E-state index in [1.165, 1.54) is 28.6 Å². The van der Waals surface area contributed by atoms with Gasteiger partial charge in [0.1, 0.15) is 4.90 Å². The predicted octanol–water partition coefficient (Wildman–Crippen LogP) is 3.79. The second-order valence-electron chi connectivity index (χ2n) is 6.56. The molecule has 0 aliphatic carbocycles. The largest absolute Gasteiger partial charge is 0.265 e. The molecule has 0 fully saturated rings. The van der Waals surface area contributed by atoms with E-state index in [1.54, 1.807) is 18.2 Å². The summed E-state index contributed by atoms with van der Waals surface area (Å²) in [6.07, 6.45) is 1.01. The number of sulfone groups is 1. The summed E-state index contributed by atoms with van der Waals surface area (Å²) in [5.74, 6) is 0. The minimum atomic E-state index is -4.13. The van der Waals surface area contributed by atoms with Gasteiger partial charge in [-0.3, -0.25) is 4.31 Å². The number of sulfonamides is 1. The lowest BCUT2D eigenvalue weighted by molar-refractivity contribution is 0.581. The van der Waals surface area contributed by atoms with Gasteiger partial charge >= 0.3 is 0 Å². The van der Waals surface area contributed by atoms with Crippen molar-refractivity contribution in [3.05, 3.63) is 90.0 Å². The average Bonchev–Trinajstić information content (AvgIpc) is 2.66. The normalized spacial score (nSPS) is 11.9. The molecule has 0 aliphatic rings. The molecule has 0 saturated carbocycles. The van der Waals surface area contributed by atoms with Gasteiger partial charge in [-0.2, -0.15) is 0 Å². The van der Waals surface area contributed by atoms with Gasteiger partial charge in [-0.05, 0) is 42.3 Å². The van der Waals surface area contributed by atoms with Crippen molar-refractivity contribution in [3.8, 4) is 0 Å². The second-order valence-corrected chi connectivity index (χ2v) is 10.4. The Morgan fingerprint density at radius 2 is 1.36 bits per heavy atom. The molecule has 0 aliphatic heterocycles. The molecule has 0 atom stereocenters. The molecule has 0 unspecified atom stereocenters. The summed E-state index contributed by atoms with van der Waals surface area (Å²) in [5.41, 5.74) is 2.18. The van der Waals surface area contributed by atoms with Crippen LogP contribution in [0, 0.1) is 6.92 Å². The van der Waals surface area contributed by atoms with Crippen LogP contribution < -0.4 is 4.31 Å². The molecular formula is C21H21NO4S2. The van der Waals surface area contributed by atoms with Crippen LogP contribution in [0.2, 0.25) is 0 Å². The third-order valence-corrected chi connectivity index (χ3v) is 7.39. The van der Waals surface area contributed by atoms with Gasteiger partial charge in [-0.1, -0.05) is 54.6 Å². The van der Waals surface area contributed by atoms with Crippen molar-refractivity contribution >= 4 is 25.5 Å². The first-order chi connectivity index (χ1) is 13.2. The van der Waals surface area contributed by atoms with Crippen molar-refractivity contribution in [2.24, 2.45) is 0 Å². The Morgan fingerprint density at radius 3 is 1.96 bits per heavy atom. The van der Waals surface area contributed by atoms with Gasteiger partial charge in [0.05, 0.1) is 17.1 Å². The third-order valence-electron chi connectivity index (χ3n) is 4.28. The Morgan fingerprint density at radius 1 is 0.750 bits per heavy atom. The molecule has 28 heavy (non-hydrogen) atoms. The molecule has 3 aromatic carbocycles. The Labute approximate surface area is 166 Å². The maximum Gasteiger partial charge on any atom is 0.265 e. The molecule has 146 valence electrons. The zero-order valence-corrected chi connectivity index (χ0v) is 17.2. The lowest BCUT2D eigenvalue weighted by Crippen LogP contribution is -2.31. The van der Waals surface area contributed by atoms with Crippen molar-refractivity contribution < 1.29 is 16.8 Å². The molecule has 0 amide bonds. The topological polar surface area (TPSA) is 71.5 Å². The van der Waals surface area contributed by atoms with E-state index < -0.39 is 19.9 Å². The molecule has 0 N–H and O–H groups in total. The van der Waals surface area contributed by atoms with Crippen molar-refractivity contribution in [1.29, 1.82) is 0 Å². The van der Waals surface area contributed by atoms with Crippen molar-refractivity contribution in [2.45, 2.75) is 23.3 Å². The molecule has 3 rings (SSSR count). The molecular weight excluding hydrogens is 394 g/mol. The standard InChI is InChI=1S/C21H21NO4S2/c1-17-9-8-12-19(15-17)22(16-18-10-4-3-5-11-18)28(25,26)21-14-7-6-13-20(21)27(2,23)24/h3-15H,16H2,1-2H3. The van der Waals surface area contributed by atoms with Crippen LogP contribution in [-0.4, -0.2) is 23.1 Å². The van der Waals surface area contributed by atoms with Crippen LogP contribution in [-0.2, 0) is 26.4 Å². The highest BCUT2D eigenvalue weighted by Gasteiger charge is 2.30. The first kappa shape index (κ1) is 20.1. The summed E-state index contributed by atoms with van der Waals surface area (Å²) in [7, 11) is -7.85. The lowest BCUT2D eigenvalue weighted by atomic mass is 10.2. The fourth-order valence-corrected chi connectivity index (χ4v) is 5.99. The van der Waals surface area contributed by atoms with Crippen LogP contribution in [0.4, 0.5) is 5.69 Å². The van der Waals surface area contributed by atoms with Crippen LogP contribution in [0.5, 0.6) is 0 Å². The average molecular weight is 416 g/mol. The fraction of sp³-hybridized carbons (Fsp3) is 0.143. The zero-order chi connectivity index (χ0) is 20.4. The minimum Gasteiger partial charge on any atom is -0.262 e. The quantitative estimate of drug-likeness (QED) is 0.614. The molecule has 0 bridgehead atoms. The van der Waals surface area contributed by atoms with E-state index in [9.17, 15) is 16.8 Å². The Balaban J connectivity index is 2.20. The summed E-state index contributed by atoms with van der Waals surface area (Å²) >= 11 is 0. The van der Waals surface area contributed by atoms with E-state index in [1.807, 2.05) is 43.3 Å². The molecule has 0 radical (unpaired) electrons. The number of aryl methyl sites for hydroxylation is 1. The summed E-state index contributed by atoms with van der Waals surface area (Å²) < 4.78 is 52.8. The van der Waals surface area contributed by atoms with Gasteiger partial charge < -0.3 is 0 Å². The second kappa shape index (κ2) is 7.77. The Kier molecular flexibility index (Phi) is 5.58. The smallest absolute Gasteiger partial charge is 0.262 e. The van der Waals surface area contributed by atoms with E-state index in [0.717, 1.165) is 17.4 Å². The van der Waals surface area contributed by atoms with E-state index in [4.69, 9.17) is 0 Å². The number of nitrogens with zero attached hydrogens (tertiary/aromatic N) is 1. The highest BCUT2D eigenvalue weighted by molar-refractivity contribution is 7.95. The van der Waals surface area contributed by atoms with Crippen LogP contribution >= 0.6 is 0 Å². The first-order valence-electron chi connectivity index (χ1n) is 8.62. The summed E-state index contributed by atoms with van der Waals surface area (Å²) in [6, 6.07) is 22.0. The van der Waals surface area contributed by atoms with Crippen molar-refractivity contribution in [1.82, 2.24) is 0 Å². The number of rotatable bonds is 6. The van der Waals surface area contributed by atoms with Gasteiger partial charge in [0.15, 0.2) is 9.84 Å². The summed E-state index contributed by atoms with van der Waals surface area (Å²) in [6.45, 7) is 1.96. The monoisotopic (exact) mass is 415 g/mol. The SMILES string of the molecule is Cc1cccc(N(Cc2ccccc2)S(=O)(=O)c2ccccc2S(C)(=O)=O)c1. The number of anilines is 1. The van der Waals surface area contributed by atoms with Gasteiger partial charge in [-0.15, -0.1) is 0 Å². The van der Waals surface area contributed by atoms with Crippen LogP contribution in [0.25, 0.3) is 0 Å². The van der Waals surface area contributed by atoms with E-state index in [0.29, 0.717) is 5.69 Å². The third kappa shape index (κ3) is 4.26. The summed E-state index contributed by atoms with van der Waals surface area (Å²) in [4.78, 5) is -0.435. The van der Waals surface area contributed by atoms with E-state index >= 15 is 0 Å². The Bertz CT molecular complexity index is 1190. The molecule has 0 spiro atoms. The molecule has 0 aromatic heterocycles. The van der Waals surface area contributed by atoms with E-state index in [-0.39, 0.29) is 16.3 Å². The molecule has 0 heterocycles. The predicted molar refractivity (Wildman–Crippen MR) is 111 cm³/mol. The fourth-order valence-electron chi connectivity index (χ4n) is 2.94. The molecule has 5 nitrogen and oxygen atoms in total. The number of hydrogen-bond acceptors (Lipinski definition) is 4.